The molecule has 3 heterocycles. The molecular formula is C23H30FN9O3. The number of guanidine groups is 1. The number of hydrogen-bond donors (Lipinski definition) is 3. The minimum Gasteiger partial charge on any atom is -0.444 e. The van der Waals surface area contributed by atoms with Crippen molar-refractivity contribution in [3.05, 3.63) is 42.0 Å². The van der Waals surface area contributed by atoms with E-state index in [-0.39, 0.29) is 18.1 Å². The van der Waals surface area contributed by atoms with E-state index in [1.54, 1.807) is 37.5 Å². The second-order valence-electron chi connectivity index (χ2n) is 8.57. The predicted molar refractivity (Wildman–Crippen MR) is 133 cm³/mol. The van der Waals surface area contributed by atoms with Crippen LogP contribution in [0.1, 0.15) is 12.5 Å². The van der Waals surface area contributed by atoms with Gasteiger partial charge in [-0.3, -0.25) is 15.5 Å². The highest BCUT2D eigenvalue weighted by atomic mass is 19.1. The smallest absolute Gasteiger partial charge is 0.414 e. The van der Waals surface area contributed by atoms with Crippen LogP contribution < -0.4 is 25.8 Å². The molecule has 2 aliphatic heterocycles. The van der Waals surface area contributed by atoms with Gasteiger partial charge in [-0.15, -0.1) is 0 Å². The monoisotopic (exact) mass is 499 g/mol. The predicted octanol–water partition coefficient (Wildman–Crippen LogP) is 0.730. The fourth-order valence-electron chi connectivity index (χ4n) is 4.28. The second-order valence-corrected chi connectivity index (χ2v) is 8.57. The molecule has 1 aromatic heterocycles. The number of benzene rings is 1. The zero-order chi connectivity index (χ0) is 25.7. The van der Waals surface area contributed by atoms with Crippen molar-refractivity contribution in [2.75, 3.05) is 67.1 Å². The molecular weight excluding hydrogens is 469 g/mol. The molecule has 0 unspecified atom stereocenters. The van der Waals surface area contributed by atoms with E-state index in [1.165, 1.54) is 0 Å². The van der Waals surface area contributed by atoms with E-state index < -0.39 is 17.9 Å². The first-order valence-corrected chi connectivity index (χ1v) is 11.7. The summed E-state index contributed by atoms with van der Waals surface area (Å²) in [5, 5.41) is 9.03. The van der Waals surface area contributed by atoms with Crippen LogP contribution >= 0.6 is 0 Å². The Morgan fingerprint density at radius 1 is 1.03 bits per heavy atom. The van der Waals surface area contributed by atoms with Crippen molar-refractivity contribution >= 4 is 35.3 Å². The Morgan fingerprint density at radius 2 is 1.64 bits per heavy atom. The fourth-order valence-corrected chi connectivity index (χ4v) is 4.28. The SMILES string of the molecule is CC(=O)N1CCN(c2ncc(N3CCN(c4cccc(COC(=O)NC(=N)N)c4F)CC3)cn2)CC1. The van der Waals surface area contributed by atoms with Crippen LogP contribution in [0.3, 0.4) is 0 Å². The molecule has 0 aliphatic carbocycles. The molecule has 4 rings (SSSR count). The summed E-state index contributed by atoms with van der Waals surface area (Å²) < 4.78 is 20.0. The minimum atomic E-state index is -0.910. The van der Waals surface area contributed by atoms with Crippen molar-refractivity contribution in [3.8, 4) is 0 Å². The summed E-state index contributed by atoms with van der Waals surface area (Å²) in [4.78, 5) is 40.1. The van der Waals surface area contributed by atoms with Crippen LogP contribution in [0.25, 0.3) is 0 Å². The van der Waals surface area contributed by atoms with Gasteiger partial charge in [-0.05, 0) is 6.07 Å². The number of rotatable bonds is 5. The van der Waals surface area contributed by atoms with E-state index in [1.807, 2.05) is 15.1 Å². The highest BCUT2D eigenvalue weighted by molar-refractivity contribution is 5.90. The van der Waals surface area contributed by atoms with Gasteiger partial charge in [0.25, 0.3) is 0 Å². The zero-order valence-electron chi connectivity index (χ0n) is 20.1. The maximum absolute atomic E-state index is 15.1. The van der Waals surface area contributed by atoms with Crippen LogP contribution in [-0.4, -0.2) is 85.2 Å². The topological polar surface area (TPSA) is 144 Å². The number of nitrogens with zero attached hydrogens (tertiary/aromatic N) is 6. The lowest BCUT2D eigenvalue weighted by Crippen LogP contribution is -2.48. The highest BCUT2D eigenvalue weighted by Crippen LogP contribution is 2.26. The lowest BCUT2D eigenvalue weighted by atomic mass is 10.1. The molecule has 2 saturated heterocycles. The third-order valence-corrected chi connectivity index (χ3v) is 6.27. The summed E-state index contributed by atoms with van der Waals surface area (Å²) in [7, 11) is 0. The number of amides is 2. The number of aromatic nitrogens is 2. The number of piperazine rings is 2. The molecule has 2 fully saturated rings. The van der Waals surface area contributed by atoms with E-state index in [2.05, 4.69) is 19.8 Å². The fraction of sp³-hybridized carbons (Fsp3) is 0.435. The molecule has 4 N–H and O–H groups in total. The number of nitrogens with two attached hydrogens (primary N) is 1. The van der Waals surface area contributed by atoms with E-state index in [9.17, 15) is 9.59 Å². The van der Waals surface area contributed by atoms with Gasteiger partial charge in [0.2, 0.25) is 11.9 Å². The maximum atomic E-state index is 15.1. The van der Waals surface area contributed by atoms with Gasteiger partial charge in [0.15, 0.2) is 11.8 Å². The number of nitrogens with one attached hydrogen (secondary N) is 2. The van der Waals surface area contributed by atoms with Gasteiger partial charge >= 0.3 is 6.09 Å². The number of carbonyl (C=O) groups excluding carboxylic acids is 2. The van der Waals surface area contributed by atoms with Crippen LogP contribution in [0, 0.1) is 11.2 Å². The lowest BCUT2D eigenvalue weighted by Gasteiger charge is -2.37. The molecule has 0 saturated carbocycles. The molecule has 0 radical (unpaired) electrons. The minimum absolute atomic E-state index is 0.0852. The van der Waals surface area contributed by atoms with E-state index in [0.29, 0.717) is 64.0 Å². The summed E-state index contributed by atoms with van der Waals surface area (Å²) in [6.07, 6.45) is 2.70. The Balaban J connectivity index is 1.31. The molecule has 12 nitrogen and oxygen atoms in total. The van der Waals surface area contributed by atoms with E-state index in [0.717, 1.165) is 5.69 Å². The van der Waals surface area contributed by atoms with Crippen LogP contribution in [0.5, 0.6) is 0 Å². The largest absolute Gasteiger partial charge is 0.444 e. The van der Waals surface area contributed by atoms with Crippen molar-refractivity contribution in [1.82, 2.24) is 20.2 Å². The molecule has 36 heavy (non-hydrogen) atoms. The highest BCUT2D eigenvalue weighted by Gasteiger charge is 2.23. The van der Waals surface area contributed by atoms with Crippen molar-refractivity contribution in [1.29, 1.82) is 5.41 Å². The van der Waals surface area contributed by atoms with Crippen LogP contribution in [0.2, 0.25) is 0 Å². The van der Waals surface area contributed by atoms with Gasteiger partial charge in [0.05, 0.1) is 23.8 Å². The zero-order valence-corrected chi connectivity index (χ0v) is 20.1. The molecule has 13 heteroatoms. The molecule has 192 valence electrons. The molecule has 1 aromatic carbocycles. The van der Waals surface area contributed by atoms with Crippen molar-refractivity contribution in [3.63, 3.8) is 0 Å². The third kappa shape index (κ3) is 5.90. The third-order valence-electron chi connectivity index (χ3n) is 6.27. The summed E-state index contributed by atoms with van der Waals surface area (Å²) in [5.74, 6) is -0.250. The van der Waals surface area contributed by atoms with Gasteiger partial charge < -0.3 is 30.1 Å². The average Bonchev–Trinajstić information content (AvgIpc) is 2.88. The second kappa shape index (κ2) is 11.1. The number of hydrogen-bond acceptors (Lipinski definition) is 9. The Bertz CT molecular complexity index is 1100. The Morgan fingerprint density at radius 3 is 2.25 bits per heavy atom. The maximum Gasteiger partial charge on any atom is 0.414 e. The van der Waals surface area contributed by atoms with Gasteiger partial charge in [0, 0.05) is 64.8 Å². The molecule has 0 spiro atoms. The standard InChI is InChI=1S/C23H30FN9O3/c1-16(34)30-5-11-33(12-6-30)22-27-13-18(14-28-22)31-7-9-32(10-8-31)19-4-2-3-17(20(19)24)15-36-23(35)29-21(25)26/h2-4,13-14H,5-12,15H2,1H3,(H4,25,26,29,35). The summed E-state index contributed by atoms with van der Waals surface area (Å²) in [6.45, 7) is 6.58. The van der Waals surface area contributed by atoms with Crippen molar-refractivity contribution < 1.29 is 18.7 Å². The van der Waals surface area contributed by atoms with Gasteiger partial charge in [-0.25, -0.2) is 19.2 Å². The van der Waals surface area contributed by atoms with Crippen LogP contribution in [0.4, 0.5) is 26.5 Å². The Labute approximate surface area is 208 Å². The Hall–Kier alpha value is -4.16. The molecule has 2 aliphatic rings. The first-order chi connectivity index (χ1) is 17.3. The quantitative estimate of drug-likeness (QED) is 0.401. The molecule has 2 amide bonds. The first kappa shape index (κ1) is 24.9. The first-order valence-electron chi connectivity index (χ1n) is 11.7. The summed E-state index contributed by atoms with van der Waals surface area (Å²) in [6, 6.07) is 4.97. The number of carbonyl (C=O) groups is 2. The molecule has 0 atom stereocenters. The van der Waals surface area contributed by atoms with Crippen molar-refractivity contribution in [2.24, 2.45) is 5.73 Å². The van der Waals surface area contributed by atoms with Gasteiger partial charge in [0.1, 0.15) is 6.61 Å². The number of halogens is 1. The van der Waals surface area contributed by atoms with E-state index >= 15 is 4.39 Å². The molecule has 0 bridgehead atoms. The van der Waals surface area contributed by atoms with Crippen molar-refractivity contribution in [2.45, 2.75) is 13.5 Å². The van der Waals surface area contributed by atoms with Crippen LogP contribution in [-0.2, 0) is 16.1 Å². The normalized spacial score (nSPS) is 16.1. The number of alkyl carbamates (subject to hydrolysis) is 1. The van der Waals surface area contributed by atoms with Crippen LogP contribution in [0.15, 0.2) is 30.6 Å². The van der Waals surface area contributed by atoms with Gasteiger partial charge in [-0.2, -0.15) is 0 Å². The number of ether oxygens (including phenoxy) is 1. The molecule has 2 aromatic rings. The summed E-state index contributed by atoms with van der Waals surface area (Å²) in [5.41, 5.74) is 6.67. The van der Waals surface area contributed by atoms with Gasteiger partial charge in [-0.1, -0.05) is 12.1 Å². The lowest BCUT2D eigenvalue weighted by molar-refractivity contribution is -0.129. The Kier molecular flexibility index (Phi) is 7.66. The summed E-state index contributed by atoms with van der Waals surface area (Å²) >= 11 is 0. The average molecular weight is 500 g/mol. The number of anilines is 3. The van der Waals surface area contributed by atoms with E-state index in [4.69, 9.17) is 15.9 Å².